The van der Waals surface area contributed by atoms with Crippen LogP contribution in [0.15, 0.2) is 46.9 Å². The number of benzene rings is 2. The molecular weight excluding hydrogens is 509 g/mol. The summed E-state index contributed by atoms with van der Waals surface area (Å²) in [5.41, 5.74) is 0.268. The van der Waals surface area contributed by atoms with Crippen LogP contribution in [-0.4, -0.2) is 35.9 Å². The first-order chi connectivity index (χ1) is 18.7. The Bertz CT molecular complexity index is 1630. The first kappa shape index (κ1) is 25.0. The number of nitrogens with one attached hydrogen (secondary N) is 3. The Balaban J connectivity index is 1.52. The lowest BCUT2D eigenvalue weighted by Crippen LogP contribution is -2.68. The van der Waals surface area contributed by atoms with Gasteiger partial charge in [0.25, 0.3) is 11.8 Å². The van der Waals surface area contributed by atoms with Crippen molar-refractivity contribution in [2.45, 2.75) is 31.7 Å². The van der Waals surface area contributed by atoms with Crippen LogP contribution in [0.5, 0.6) is 0 Å². The van der Waals surface area contributed by atoms with Crippen molar-refractivity contribution >= 4 is 28.7 Å². The fraction of sp³-hybridized carbons (Fsp3) is 0.276. The zero-order chi connectivity index (χ0) is 27.5. The number of fused-ring (bicyclic) bond motifs is 1. The second-order valence-corrected chi connectivity index (χ2v) is 10.2. The van der Waals surface area contributed by atoms with Crippen LogP contribution in [-0.2, 0) is 0 Å². The summed E-state index contributed by atoms with van der Waals surface area (Å²) in [4.78, 5) is 30.5. The maximum absolute atomic E-state index is 15.3. The maximum atomic E-state index is 15.3. The molecule has 2 amide bonds. The summed E-state index contributed by atoms with van der Waals surface area (Å²) in [5.74, 6) is -2.39. The van der Waals surface area contributed by atoms with Gasteiger partial charge in [-0.1, -0.05) is 0 Å². The van der Waals surface area contributed by atoms with Crippen LogP contribution in [0.3, 0.4) is 0 Å². The molecule has 3 N–H and O–H groups in total. The first-order valence-corrected chi connectivity index (χ1v) is 12.7. The predicted octanol–water partition coefficient (Wildman–Crippen LogP) is 5.65. The summed E-state index contributed by atoms with van der Waals surface area (Å²) in [7, 11) is 1.45. The summed E-state index contributed by atoms with van der Waals surface area (Å²) in [6.07, 6.45) is 2.62. The Morgan fingerprint density at radius 1 is 1.00 bits per heavy atom. The average molecular weight is 535 g/mol. The van der Waals surface area contributed by atoms with E-state index < -0.39 is 29.3 Å². The van der Waals surface area contributed by atoms with Crippen molar-refractivity contribution in [1.29, 1.82) is 0 Å². The molecule has 3 fully saturated rings. The van der Waals surface area contributed by atoms with Gasteiger partial charge in [-0.2, -0.15) is 4.98 Å². The second-order valence-electron chi connectivity index (χ2n) is 10.2. The highest BCUT2D eigenvalue weighted by molar-refractivity contribution is 6.11. The highest BCUT2D eigenvalue weighted by atomic mass is 19.1. The van der Waals surface area contributed by atoms with Gasteiger partial charge in [-0.25, -0.2) is 13.2 Å². The Morgan fingerprint density at radius 2 is 1.72 bits per heavy atom. The van der Waals surface area contributed by atoms with Crippen LogP contribution >= 0.6 is 0 Å². The van der Waals surface area contributed by atoms with Crippen LogP contribution in [0.2, 0.25) is 0 Å². The highest BCUT2D eigenvalue weighted by Crippen LogP contribution is 2.57. The molecule has 7 rings (SSSR count). The van der Waals surface area contributed by atoms with Crippen molar-refractivity contribution in [2.24, 2.45) is 5.92 Å². The topological polar surface area (TPSA) is 96.3 Å². The number of nitrogens with zero attached hydrogens (tertiary/aromatic N) is 1. The normalized spacial score (nSPS) is 19.3. The molecule has 3 saturated carbocycles. The molecule has 10 heteroatoms. The van der Waals surface area contributed by atoms with E-state index in [0.717, 1.165) is 19.3 Å². The minimum Gasteiger partial charge on any atom is -0.437 e. The molecule has 0 atom stereocenters. The molecular formula is C29H25F3N4O3. The quantitative estimate of drug-likeness (QED) is 0.285. The fourth-order valence-electron chi connectivity index (χ4n) is 5.55. The summed E-state index contributed by atoms with van der Waals surface area (Å²) < 4.78 is 49.6. The largest absolute Gasteiger partial charge is 0.437 e. The predicted molar refractivity (Wildman–Crippen MR) is 140 cm³/mol. The number of amides is 2. The molecule has 2 aromatic carbocycles. The van der Waals surface area contributed by atoms with Crippen molar-refractivity contribution in [3.63, 3.8) is 0 Å². The fourth-order valence-corrected chi connectivity index (χ4v) is 5.55. The number of halogens is 3. The lowest BCUT2D eigenvalue weighted by atomic mass is 9.50. The van der Waals surface area contributed by atoms with E-state index in [0.29, 0.717) is 24.1 Å². The third kappa shape index (κ3) is 4.10. The van der Waals surface area contributed by atoms with Crippen molar-refractivity contribution in [3.8, 4) is 22.5 Å². The van der Waals surface area contributed by atoms with E-state index in [1.165, 1.54) is 43.4 Å². The van der Waals surface area contributed by atoms with Crippen molar-refractivity contribution in [2.75, 3.05) is 18.9 Å². The number of aromatic nitrogens is 1. The first-order valence-electron chi connectivity index (χ1n) is 12.7. The van der Waals surface area contributed by atoms with E-state index in [4.69, 9.17) is 4.42 Å². The number of carbonyl (C=O) groups excluding carboxylic acids is 2. The Morgan fingerprint density at radius 3 is 2.33 bits per heavy atom. The van der Waals surface area contributed by atoms with E-state index in [1.54, 1.807) is 0 Å². The molecule has 39 heavy (non-hydrogen) atoms. The van der Waals surface area contributed by atoms with Crippen LogP contribution in [0.4, 0.5) is 19.0 Å². The third-order valence-electron chi connectivity index (χ3n) is 7.60. The zero-order valence-electron chi connectivity index (χ0n) is 21.3. The van der Waals surface area contributed by atoms with Crippen LogP contribution < -0.4 is 16.0 Å². The van der Waals surface area contributed by atoms with Gasteiger partial charge in [-0.05, 0) is 68.5 Å². The molecule has 0 saturated heterocycles. The van der Waals surface area contributed by atoms with Crippen LogP contribution in [0.1, 0.15) is 46.9 Å². The Hall–Kier alpha value is -4.34. The summed E-state index contributed by atoms with van der Waals surface area (Å²) >= 11 is 0. The highest BCUT2D eigenvalue weighted by Gasteiger charge is 2.57. The lowest BCUT2D eigenvalue weighted by Gasteiger charge is -2.61. The minimum atomic E-state index is -0.965. The Labute approximate surface area is 221 Å². The van der Waals surface area contributed by atoms with E-state index in [1.807, 2.05) is 6.92 Å². The second kappa shape index (κ2) is 9.14. The molecule has 7 nitrogen and oxygen atoms in total. The number of furan rings is 1. The number of pyridine rings is 1. The van der Waals surface area contributed by atoms with Crippen molar-refractivity contribution in [3.05, 3.63) is 71.0 Å². The standard InChI is InChI=1S/C29H25F3N4O3/c1-3-34-25-18(17-8-19(22(32)10-21(17)31)26(37)36-29-11-14(12-29)13-29)9-20-23(27(38)33-2)24(39-28(20)35-25)15-4-6-16(30)7-5-15/h4-10,14H,3,11-13H2,1-2H3,(H,33,38)(H,34,35)(H,36,37). The molecule has 2 bridgehead atoms. The van der Waals surface area contributed by atoms with Gasteiger partial charge in [0.1, 0.15) is 29.0 Å². The number of hydrogen-bond donors (Lipinski definition) is 3. The van der Waals surface area contributed by atoms with Crippen molar-refractivity contribution in [1.82, 2.24) is 15.6 Å². The summed E-state index contributed by atoms with van der Waals surface area (Å²) in [6.45, 7) is 2.24. The van der Waals surface area contributed by atoms with Gasteiger partial charge in [0.05, 0.1) is 16.5 Å². The molecule has 0 unspecified atom stereocenters. The van der Waals surface area contributed by atoms with Gasteiger partial charge < -0.3 is 20.4 Å². The minimum absolute atomic E-state index is 0.0584. The number of hydrogen-bond acceptors (Lipinski definition) is 5. The van der Waals surface area contributed by atoms with E-state index in [9.17, 15) is 18.4 Å². The molecule has 4 aromatic rings. The van der Waals surface area contributed by atoms with Crippen molar-refractivity contribution < 1.29 is 27.2 Å². The lowest BCUT2D eigenvalue weighted by molar-refractivity contribution is -0.0439. The molecule has 2 heterocycles. The van der Waals surface area contributed by atoms with Gasteiger partial charge in [0.15, 0.2) is 0 Å². The van der Waals surface area contributed by atoms with Gasteiger partial charge in [-0.3, -0.25) is 9.59 Å². The number of carbonyl (C=O) groups is 2. The Kier molecular flexibility index (Phi) is 5.85. The zero-order valence-corrected chi connectivity index (χ0v) is 21.3. The monoisotopic (exact) mass is 534 g/mol. The van der Waals surface area contributed by atoms with Gasteiger partial charge in [0, 0.05) is 41.9 Å². The molecule has 200 valence electrons. The van der Waals surface area contributed by atoms with E-state index in [2.05, 4.69) is 20.9 Å². The van der Waals surface area contributed by atoms with E-state index >= 15 is 4.39 Å². The van der Waals surface area contributed by atoms with Crippen LogP contribution in [0.25, 0.3) is 33.6 Å². The molecule has 0 radical (unpaired) electrons. The van der Waals surface area contributed by atoms with Gasteiger partial charge in [0.2, 0.25) is 5.71 Å². The number of rotatable bonds is 7. The third-order valence-corrected chi connectivity index (χ3v) is 7.60. The van der Waals surface area contributed by atoms with E-state index in [-0.39, 0.29) is 50.5 Å². The molecule has 3 aliphatic rings. The van der Waals surface area contributed by atoms with Crippen LogP contribution in [0, 0.1) is 23.4 Å². The smallest absolute Gasteiger partial charge is 0.255 e. The summed E-state index contributed by atoms with van der Waals surface area (Å²) in [6, 6.07) is 8.82. The average Bonchev–Trinajstić information content (AvgIpc) is 3.23. The van der Waals surface area contributed by atoms with Gasteiger partial charge in [-0.15, -0.1) is 0 Å². The molecule has 3 aliphatic carbocycles. The molecule has 0 aliphatic heterocycles. The molecule has 0 spiro atoms. The number of anilines is 1. The summed E-state index contributed by atoms with van der Waals surface area (Å²) in [5, 5.41) is 8.81. The SMILES string of the molecule is CCNc1nc2oc(-c3ccc(F)cc3)c(C(=O)NC)c2cc1-c1cc(C(=O)NC23CC(C2)C3)c(F)cc1F. The van der Waals surface area contributed by atoms with Gasteiger partial charge >= 0.3 is 0 Å². The molecule has 2 aromatic heterocycles. The maximum Gasteiger partial charge on any atom is 0.255 e.